The van der Waals surface area contributed by atoms with Crippen LogP contribution < -0.4 is 10.6 Å². The van der Waals surface area contributed by atoms with Gasteiger partial charge in [0.2, 0.25) is 0 Å². The molecule has 0 amide bonds. The Morgan fingerprint density at radius 2 is 1.96 bits per heavy atom. The number of nitrogens with one attached hydrogen (secondary N) is 2. The van der Waals surface area contributed by atoms with Crippen molar-refractivity contribution in [2.45, 2.75) is 32.0 Å². The van der Waals surface area contributed by atoms with Crippen molar-refractivity contribution < 1.29 is 13.2 Å². The molecule has 1 aromatic heterocycles. The van der Waals surface area contributed by atoms with Crippen molar-refractivity contribution in [3.63, 3.8) is 0 Å². The van der Waals surface area contributed by atoms with Crippen LogP contribution in [-0.2, 0) is 12.7 Å². The SMILES string of the molecule is CN=C(NCCC(C)c1cccc(C(F)(F)F)c1)NCc1ccccn1. The first kappa shape index (κ1) is 19.8. The Kier molecular flexibility index (Phi) is 7.00. The lowest BCUT2D eigenvalue weighted by Crippen LogP contribution is -2.37. The summed E-state index contributed by atoms with van der Waals surface area (Å²) < 4.78 is 38.5. The molecule has 2 aromatic rings. The summed E-state index contributed by atoms with van der Waals surface area (Å²) in [5, 5.41) is 6.33. The van der Waals surface area contributed by atoms with Crippen LogP contribution in [0.4, 0.5) is 13.2 Å². The molecule has 0 aliphatic heterocycles. The molecule has 0 aliphatic carbocycles. The molecule has 4 nitrogen and oxygen atoms in total. The lowest BCUT2D eigenvalue weighted by Gasteiger charge is -2.16. The number of pyridine rings is 1. The van der Waals surface area contributed by atoms with Crippen molar-refractivity contribution in [1.82, 2.24) is 15.6 Å². The number of alkyl halides is 3. The van der Waals surface area contributed by atoms with Gasteiger partial charge in [0.25, 0.3) is 0 Å². The predicted octanol–water partition coefficient (Wildman–Crippen LogP) is 3.96. The molecule has 0 saturated carbocycles. The van der Waals surface area contributed by atoms with E-state index in [4.69, 9.17) is 0 Å². The zero-order valence-corrected chi connectivity index (χ0v) is 14.8. The topological polar surface area (TPSA) is 49.3 Å². The third-order valence-electron chi connectivity index (χ3n) is 4.04. The molecule has 0 saturated heterocycles. The molecule has 0 spiro atoms. The van der Waals surface area contributed by atoms with Gasteiger partial charge in [-0.1, -0.05) is 31.2 Å². The highest BCUT2D eigenvalue weighted by Crippen LogP contribution is 2.31. The van der Waals surface area contributed by atoms with Crippen LogP contribution in [0.2, 0.25) is 0 Å². The van der Waals surface area contributed by atoms with Gasteiger partial charge in [-0.05, 0) is 36.1 Å². The molecule has 26 heavy (non-hydrogen) atoms. The molecule has 140 valence electrons. The van der Waals surface area contributed by atoms with Gasteiger partial charge < -0.3 is 10.6 Å². The summed E-state index contributed by atoms with van der Waals surface area (Å²) >= 11 is 0. The van der Waals surface area contributed by atoms with Crippen LogP contribution in [0.25, 0.3) is 0 Å². The lowest BCUT2D eigenvalue weighted by molar-refractivity contribution is -0.137. The van der Waals surface area contributed by atoms with E-state index >= 15 is 0 Å². The van der Waals surface area contributed by atoms with Crippen LogP contribution in [0.1, 0.15) is 36.1 Å². The lowest BCUT2D eigenvalue weighted by atomic mass is 9.96. The Morgan fingerprint density at radius 3 is 2.62 bits per heavy atom. The zero-order valence-electron chi connectivity index (χ0n) is 14.8. The summed E-state index contributed by atoms with van der Waals surface area (Å²) in [6.45, 7) is 3.06. The second-order valence-corrected chi connectivity index (χ2v) is 5.99. The summed E-state index contributed by atoms with van der Waals surface area (Å²) in [7, 11) is 1.67. The quantitative estimate of drug-likeness (QED) is 0.603. The number of hydrogen-bond donors (Lipinski definition) is 2. The fourth-order valence-electron chi connectivity index (χ4n) is 2.49. The van der Waals surface area contributed by atoms with E-state index in [1.165, 1.54) is 12.1 Å². The molecule has 2 N–H and O–H groups in total. The van der Waals surface area contributed by atoms with E-state index < -0.39 is 11.7 Å². The summed E-state index contributed by atoms with van der Waals surface area (Å²) in [5.74, 6) is 0.630. The van der Waals surface area contributed by atoms with E-state index in [1.807, 2.05) is 25.1 Å². The highest BCUT2D eigenvalue weighted by atomic mass is 19.4. The van der Waals surface area contributed by atoms with Crippen LogP contribution in [-0.4, -0.2) is 24.5 Å². The van der Waals surface area contributed by atoms with Gasteiger partial charge in [0.1, 0.15) is 0 Å². The summed E-state index contributed by atoms with van der Waals surface area (Å²) in [6, 6.07) is 11.2. The predicted molar refractivity (Wildman–Crippen MR) is 96.9 cm³/mol. The molecular formula is C19H23F3N4. The number of benzene rings is 1. The first-order valence-corrected chi connectivity index (χ1v) is 8.41. The molecular weight excluding hydrogens is 341 g/mol. The van der Waals surface area contributed by atoms with E-state index in [-0.39, 0.29) is 5.92 Å². The third-order valence-corrected chi connectivity index (χ3v) is 4.04. The number of aromatic nitrogens is 1. The maximum Gasteiger partial charge on any atom is 0.416 e. The summed E-state index contributed by atoms with van der Waals surface area (Å²) in [6.07, 6.45) is -1.90. The zero-order chi connectivity index (χ0) is 19.0. The average Bonchev–Trinajstić information content (AvgIpc) is 2.64. The van der Waals surface area contributed by atoms with Crippen molar-refractivity contribution in [1.29, 1.82) is 0 Å². The summed E-state index contributed by atoms with van der Waals surface area (Å²) in [4.78, 5) is 8.36. The number of aliphatic imine (C=N–C) groups is 1. The van der Waals surface area contributed by atoms with Crippen molar-refractivity contribution >= 4 is 5.96 Å². The van der Waals surface area contributed by atoms with E-state index in [2.05, 4.69) is 20.6 Å². The van der Waals surface area contributed by atoms with Crippen LogP contribution in [0.5, 0.6) is 0 Å². The van der Waals surface area contributed by atoms with Gasteiger partial charge in [-0.2, -0.15) is 13.2 Å². The van der Waals surface area contributed by atoms with Gasteiger partial charge in [-0.15, -0.1) is 0 Å². The molecule has 7 heteroatoms. The van der Waals surface area contributed by atoms with Crippen LogP contribution in [0, 0.1) is 0 Å². The van der Waals surface area contributed by atoms with Crippen molar-refractivity contribution in [2.24, 2.45) is 4.99 Å². The van der Waals surface area contributed by atoms with Gasteiger partial charge in [-0.3, -0.25) is 9.98 Å². The first-order chi connectivity index (χ1) is 12.4. The molecule has 2 rings (SSSR count). The second-order valence-electron chi connectivity index (χ2n) is 5.99. The Hall–Kier alpha value is -2.57. The normalized spacial score (nSPS) is 13.3. The van der Waals surface area contributed by atoms with Gasteiger partial charge >= 0.3 is 6.18 Å². The molecule has 0 aliphatic rings. The van der Waals surface area contributed by atoms with Gasteiger partial charge in [0, 0.05) is 19.8 Å². The monoisotopic (exact) mass is 364 g/mol. The third kappa shape index (κ3) is 6.06. The largest absolute Gasteiger partial charge is 0.416 e. The minimum absolute atomic E-state index is 0.00121. The highest BCUT2D eigenvalue weighted by Gasteiger charge is 2.30. The number of nitrogens with zero attached hydrogens (tertiary/aromatic N) is 2. The number of halogens is 3. The Morgan fingerprint density at radius 1 is 1.15 bits per heavy atom. The van der Waals surface area contributed by atoms with Crippen LogP contribution in [0.15, 0.2) is 53.7 Å². The molecule has 1 unspecified atom stereocenters. The van der Waals surface area contributed by atoms with Crippen LogP contribution >= 0.6 is 0 Å². The Balaban J connectivity index is 1.82. The molecule has 0 fully saturated rings. The van der Waals surface area contributed by atoms with Gasteiger partial charge in [0.05, 0.1) is 17.8 Å². The van der Waals surface area contributed by atoms with Gasteiger partial charge in [-0.25, -0.2) is 0 Å². The minimum Gasteiger partial charge on any atom is -0.356 e. The van der Waals surface area contributed by atoms with E-state index in [1.54, 1.807) is 19.3 Å². The molecule has 1 aromatic carbocycles. The first-order valence-electron chi connectivity index (χ1n) is 8.41. The molecule has 1 atom stereocenters. The Bertz CT molecular complexity index is 714. The highest BCUT2D eigenvalue weighted by molar-refractivity contribution is 5.79. The molecule has 0 radical (unpaired) electrons. The number of guanidine groups is 1. The van der Waals surface area contributed by atoms with Crippen LogP contribution in [0.3, 0.4) is 0 Å². The van der Waals surface area contributed by atoms with Crippen molar-refractivity contribution in [3.05, 3.63) is 65.5 Å². The van der Waals surface area contributed by atoms with E-state index in [0.29, 0.717) is 31.0 Å². The van der Waals surface area contributed by atoms with Crippen molar-refractivity contribution in [3.8, 4) is 0 Å². The average molecular weight is 364 g/mol. The van der Waals surface area contributed by atoms with Crippen molar-refractivity contribution in [2.75, 3.05) is 13.6 Å². The maximum atomic E-state index is 12.8. The number of hydrogen-bond acceptors (Lipinski definition) is 2. The van der Waals surface area contributed by atoms with Gasteiger partial charge in [0.15, 0.2) is 5.96 Å². The van der Waals surface area contributed by atoms with E-state index in [9.17, 15) is 13.2 Å². The smallest absolute Gasteiger partial charge is 0.356 e. The molecule has 1 heterocycles. The fourth-order valence-corrected chi connectivity index (χ4v) is 2.49. The molecule has 0 bridgehead atoms. The second kappa shape index (κ2) is 9.22. The van der Waals surface area contributed by atoms with E-state index in [0.717, 1.165) is 11.8 Å². The Labute approximate surface area is 151 Å². The standard InChI is InChI=1S/C19H23F3N4/c1-14(15-6-5-7-16(12-15)19(20,21)22)9-11-25-18(23-2)26-13-17-8-3-4-10-24-17/h3-8,10,12,14H,9,11,13H2,1-2H3,(H2,23,25,26). The fraction of sp³-hybridized carbons (Fsp3) is 0.368. The maximum absolute atomic E-state index is 12.8. The number of rotatable bonds is 6. The minimum atomic E-state index is -4.31. The summed E-state index contributed by atoms with van der Waals surface area (Å²) in [5.41, 5.74) is 0.966.